The van der Waals surface area contributed by atoms with Crippen LogP contribution in [0.15, 0.2) is 29.5 Å². The largest absolute Gasteiger partial charge is 0.355 e. The molecule has 25 heavy (non-hydrogen) atoms. The summed E-state index contributed by atoms with van der Waals surface area (Å²) >= 11 is 2.09. The van der Waals surface area contributed by atoms with Crippen molar-refractivity contribution in [3.63, 3.8) is 0 Å². The van der Waals surface area contributed by atoms with Gasteiger partial charge in [-0.25, -0.2) is 0 Å². The molecule has 142 valence electrons. The van der Waals surface area contributed by atoms with E-state index in [2.05, 4.69) is 61.4 Å². The van der Waals surface area contributed by atoms with Crippen molar-refractivity contribution < 1.29 is 0 Å². The Morgan fingerprint density at radius 2 is 1.80 bits per heavy atom. The van der Waals surface area contributed by atoms with Crippen LogP contribution < -0.4 is 10.6 Å². The summed E-state index contributed by atoms with van der Waals surface area (Å²) in [7, 11) is 1.86. The van der Waals surface area contributed by atoms with Gasteiger partial charge in [0.1, 0.15) is 0 Å². The summed E-state index contributed by atoms with van der Waals surface area (Å²) in [6.45, 7) is 5.35. The van der Waals surface area contributed by atoms with Gasteiger partial charge in [-0.15, -0.1) is 24.0 Å². The number of halogens is 1. The summed E-state index contributed by atoms with van der Waals surface area (Å²) < 4.78 is 2.18. The topological polar surface area (TPSA) is 44.6 Å². The number of rotatable bonds is 6. The molecule has 0 unspecified atom stereocenters. The van der Waals surface area contributed by atoms with E-state index in [0.717, 1.165) is 25.6 Å². The van der Waals surface area contributed by atoms with Crippen LogP contribution in [0, 0.1) is 0 Å². The third kappa shape index (κ3) is 5.79. The Morgan fingerprint density at radius 3 is 2.44 bits per heavy atom. The number of thioether (sulfide) groups is 1. The van der Waals surface area contributed by atoms with Crippen molar-refractivity contribution in [2.45, 2.75) is 37.8 Å². The van der Waals surface area contributed by atoms with Gasteiger partial charge in [0.05, 0.1) is 0 Å². The molecule has 1 aliphatic carbocycles. The van der Waals surface area contributed by atoms with E-state index in [-0.39, 0.29) is 24.0 Å². The van der Waals surface area contributed by atoms with Gasteiger partial charge in [-0.3, -0.25) is 9.89 Å². The van der Waals surface area contributed by atoms with Crippen LogP contribution >= 0.6 is 35.7 Å². The predicted octanol–water partition coefficient (Wildman–Crippen LogP) is 2.63. The minimum absolute atomic E-state index is 0. The highest BCUT2D eigenvalue weighted by atomic mass is 127. The maximum absolute atomic E-state index is 4.41. The highest BCUT2D eigenvalue weighted by molar-refractivity contribution is 14.0. The summed E-state index contributed by atoms with van der Waals surface area (Å²) in [5, 5.41) is 7.06. The molecule has 3 rings (SSSR count). The number of hydrogen-bond acceptors (Lipinski definition) is 3. The number of aliphatic imine (C=N–C) groups is 1. The van der Waals surface area contributed by atoms with Gasteiger partial charge in [0, 0.05) is 69.2 Å². The third-order valence-electron chi connectivity index (χ3n) is 5.35. The second kappa shape index (κ2) is 10.7. The summed E-state index contributed by atoms with van der Waals surface area (Å²) in [6, 6.07) is 4.13. The van der Waals surface area contributed by atoms with Crippen molar-refractivity contribution in [3.05, 3.63) is 24.5 Å². The normalized spacial score (nSPS) is 20.9. The molecule has 0 amide bonds. The second-order valence-corrected chi connectivity index (χ2v) is 8.03. The molecule has 2 N–H and O–H groups in total. The first-order valence-corrected chi connectivity index (χ1v) is 10.4. The first-order valence-electron chi connectivity index (χ1n) is 9.20. The van der Waals surface area contributed by atoms with Gasteiger partial charge in [0.15, 0.2) is 5.96 Å². The molecular weight excluding hydrogens is 445 g/mol. The minimum atomic E-state index is 0. The second-order valence-electron chi connectivity index (χ2n) is 6.80. The van der Waals surface area contributed by atoms with E-state index in [1.165, 1.54) is 50.3 Å². The van der Waals surface area contributed by atoms with Crippen molar-refractivity contribution in [2.75, 3.05) is 44.7 Å². The van der Waals surface area contributed by atoms with Gasteiger partial charge in [0.2, 0.25) is 0 Å². The average molecular weight is 477 g/mol. The van der Waals surface area contributed by atoms with Crippen molar-refractivity contribution >= 4 is 41.7 Å². The molecule has 0 atom stereocenters. The zero-order chi connectivity index (χ0) is 16.7. The van der Waals surface area contributed by atoms with E-state index in [9.17, 15) is 0 Å². The summed E-state index contributed by atoms with van der Waals surface area (Å²) in [4.78, 5) is 7.15. The molecule has 0 radical (unpaired) electrons. The van der Waals surface area contributed by atoms with Crippen molar-refractivity contribution in [1.29, 1.82) is 0 Å². The number of nitrogens with zero attached hydrogens (tertiary/aromatic N) is 3. The fourth-order valence-corrected chi connectivity index (χ4v) is 4.87. The van der Waals surface area contributed by atoms with Crippen molar-refractivity contribution in [3.8, 4) is 0 Å². The molecule has 0 aromatic carbocycles. The number of hydrogen-bond donors (Lipinski definition) is 2. The average Bonchev–Trinajstić information content (AvgIpc) is 3.31. The Balaban J connectivity index is 0.00000225. The van der Waals surface area contributed by atoms with Crippen molar-refractivity contribution in [1.82, 2.24) is 20.1 Å². The molecule has 2 aliphatic rings. The van der Waals surface area contributed by atoms with Gasteiger partial charge in [0.25, 0.3) is 0 Å². The van der Waals surface area contributed by atoms with E-state index in [1.807, 2.05) is 7.05 Å². The quantitative estimate of drug-likeness (QED) is 0.376. The zero-order valence-corrected chi connectivity index (χ0v) is 18.4. The Hall–Kier alpha value is -0.410. The Kier molecular flexibility index (Phi) is 8.92. The van der Waals surface area contributed by atoms with Crippen LogP contribution in [-0.4, -0.2) is 65.7 Å². The van der Waals surface area contributed by atoms with Crippen LogP contribution in [0.5, 0.6) is 0 Å². The maximum atomic E-state index is 4.41. The van der Waals surface area contributed by atoms with Crippen LogP contribution in [0.2, 0.25) is 0 Å². The van der Waals surface area contributed by atoms with Crippen LogP contribution in [0.25, 0.3) is 0 Å². The first kappa shape index (κ1) is 20.9. The van der Waals surface area contributed by atoms with E-state index in [1.54, 1.807) is 0 Å². The molecule has 1 saturated carbocycles. The third-order valence-corrected chi connectivity index (χ3v) is 6.30. The van der Waals surface area contributed by atoms with Gasteiger partial charge in [-0.2, -0.15) is 11.8 Å². The molecule has 1 saturated heterocycles. The Bertz CT molecular complexity index is 508. The van der Waals surface area contributed by atoms with E-state index >= 15 is 0 Å². The fourth-order valence-electron chi connectivity index (χ4n) is 3.97. The highest BCUT2D eigenvalue weighted by Gasteiger charge is 2.39. The summed E-state index contributed by atoms with van der Waals surface area (Å²) in [5.41, 5.74) is 0.346. The van der Waals surface area contributed by atoms with E-state index < -0.39 is 0 Å². The molecule has 2 heterocycles. The lowest BCUT2D eigenvalue weighted by Gasteiger charge is -2.43. The van der Waals surface area contributed by atoms with Gasteiger partial charge >= 0.3 is 0 Å². The zero-order valence-electron chi connectivity index (χ0n) is 15.2. The smallest absolute Gasteiger partial charge is 0.191 e. The lowest BCUT2D eigenvalue weighted by atomic mass is 9.94. The minimum Gasteiger partial charge on any atom is -0.355 e. The molecule has 7 heteroatoms. The molecule has 0 bridgehead atoms. The van der Waals surface area contributed by atoms with Crippen LogP contribution in [0.1, 0.15) is 25.7 Å². The maximum Gasteiger partial charge on any atom is 0.191 e. The predicted molar refractivity (Wildman–Crippen MR) is 119 cm³/mol. The van der Waals surface area contributed by atoms with Gasteiger partial charge < -0.3 is 15.2 Å². The molecule has 0 spiro atoms. The Labute approximate surface area is 173 Å². The highest BCUT2D eigenvalue weighted by Crippen LogP contribution is 2.36. The fraction of sp³-hybridized carbons (Fsp3) is 0.722. The summed E-state index contributed by atoms with van der Waals surface area (Å²) in [5.74, 6) is 3.50. The molecule has 1 aliphatic heterocycles. The van der Waals surface area contributed by atoms with Crippen molar-refractivity contribution in [2.24, 2.45) is 4.99 Å². The van der Waals surface area contributed by atoms with Crippen LogP contribution in [0.3, 0.4) is 0 Å². The SMILES string of the molecule is CN=C(NCCn1cccc1)NCC1(N2CCSCC2)CCCC1.I. The lowest BCUT2D eigenvalue weighted by molar-refractivity contribution is 0.107. The van der Waals surface area contributed by atoms with E-state index in [4.69, 9.17) is 0 Å². The van der Waals surface area contributed by atoms with Crippen LogP contribution in [0.4, 0.5) is 0 Å². The number of guanidine groups is 1. The lowest BCUT2D eigenvalue weighted by Crippen LogP contribution is -2.57. The number of aromatic nitrogens is 1. The molecular formula is C18H32IN5S. The summed E-state index contributed by atoms with van der Waals surface area (Å²) in [6.07, 6.45) is 9.57. The van der Waals surface area contributed by atoms with Gasteiger partial charge in [-0.05, 0) is 25.0 Å². The molecule has 2 fully saturated rings. The van der Waals surface area contributed by atoms with E-state index in [0.29, 0.717) is 5.54 Å². The van der Waals surface area contributed by atoms with Crippen LogP contribution in [-0.2, 0) is 6.54 Å². The molecule has 1 aromatic rings. The monoisotopic (exact) mass is 477 g/mol. The standard InChI is InChI=1S/C18H31N5S.HI/c1-19-17(20-8-11-22-9-4-5-10-22)21-16-18(6-2-3-7-18)23-12-14-24-15-13-23;/h4-5,9-10H,2-3,6-8,11-16H2,1H3,(H2,19,20,21);1H. The molecule has 5 nitrogen and oxygen atoms in total. The van der Waals surface area contributed by atoms with Gasteiger partial charge in [-0.1, -0.05) is 12.8 Å². The first-order chi connectivity index (χ1) is 11.8. The Morgan fingerprint density at radius 1 is 1.12 bits per heavy atom. The molecule has 1 aromatic heterocycles. The number of nitrogens with one attached hydrogen (secondary N) is 2.